The second-order valence-corrected chi connectivity index (χ2v) is 5.58. The molecule has 0 aliphatic heterocycles. The molecule has 7 heteroatoms. The normalized spacial score (nSPS) is 13.4. The molecule has 1 N–H and O–H groups in total. The molecule has 1 unspecified atom stereocenters. The summed E-state index contributed by atoms with van der Waals surface area (Å²) in [7, 11) is 0. The minimum Gasteiger partial charge on any atom is -0.387 e. The lowest BCUT2D eigenvalue weighted by Gasteiger charge is -2.08. The molecule has 2 nitrogen and oxygen atoms in total. The zero-order valence-corrected chi connectivity index (χ0v) is 11.3. The lowest BCUT2D eigenvalue weighted by Crippen LogP contribution is -2.08. The molecule has 0 amide bonds. The quantitative estimate of drug-likeness (QED) is 0.800. The highest BCUT2D eigenvalue weighted by molar-refractivity contribution is 9.10. The number of hydrogen-bond acceptors (Lipinski definition) is 3. The van der Waals surface area contributed by atoms with Gasteiger partial charge in [0.15, 0.2) is 0 Å². The van der Waals surface area contributed by atoms with Gasteiger partial charge in [-0.05, 0) is 22.0 Å². The molecule has 16 heavy (non-hydrogen) atoms. The highest BCUT2D eigenvalue weighted by Crippen LogP contribution is 2.35. The molecular weight excluding hydrogens is 326 g/mol. The Morgan fingerprint density at radius 2 is 2.25 bits per heavy atom. The van der Waals surface area contributed by atoms with E-state index in [1.165, 1.54) is 11.3 Å². The summed E-state index contributed by atoms with van der Waals surface area (Å²) in [5.41, 5.74) is 0. The number of aliphatic hydroxyl groups is 1. The van der Waals surface area contributed by atoms with E-state index in [1.807, 2.05) is 0 Å². The summed E-state index contributed by atoms with van der Waals surface area (Å²) in [6.45, 7) is -0.500. The summed E-state index contributed by atoms with van der Waals surface area (Å²) >= 11 is 10.3. The molecule has 1 atom stereocenters. The molecule has 0 fully saturated rings. The molecule has 0 aromatic carbocycles. The summed E-state index contributed by atoms with van der Waals surface area (Å²) in [5, 5.41) is 9.69. The van der Waals surface area contributed by atoms with Crippen LogP contribution in [0.1, 0.15) is 17.4 Å². The van der Waals surface area contributed by atoms with Crippen LogP contribution in [0.2, 0.25) is 4.34 Å². The van der Waals surface area contributed by atoms with E-state index in [0.29, 0.717) is 9.21 Å². The molecule has 1 aromatic heterocycles. The maximum Gasteiger partial charge on any atom is 0.261 e. The van der Waals surface area contributed by atoms with Crippen LogP contribution in [0.15, 0.2) is 10.5 Å². The zero-order valence-electron chi connectivity index (χ0n) is 8.13. The highest BCUT2D eigenvalue weighted by atomic mass is 79.9. The monoisotopic (exact) mass is 334 g/mol. The van der Waals surface area contributed by atoms with Crippen molar-refractivity contribution < 1.29 is 18.6 Å². The number of aliphatic hydroxyl groups excluding tert-OH is 1. The van der Waals surface area contributed by atoms with Gasteiger partial charge in [-0.25, -0.2) is 8.78 Å². The summed E-state index contributed by atoms with van der Waals surface area (Å²) in [4.78, 5) is 0.692. The Morgan fingerprint density at radius 3 is 2.75 bits per heavy atom. The minimum atomic E-state index is -2.47. The predicted octanol–water partition coefficient (Wildman–Crippen LogP) is 3.87. The highest BCUT2D eigenvalue weighted by Gasteiger charge is 2.13. The SMILES string of the molecule is OC(CCOCC(F)F)c1cc(Br)c(Cl)s1. The molecule has 0 aliphatic rings. The van der Waals surface area contributed by atoms with Crippen LogP contribution in [0.25, 0.3) is 0 Å². The fourth-order valence-corrected chi connectivity index (χ4v) is 2.79. The zero-order chi connectivity index (χ0) is 12.1. The van der Waals surface area contributed by atoms with Gasteiger partial charge >= 0.3 is 0 Å². The fourth-order valence-electron chi connectivity index (χ4n) is 1.04. The average molecular weight is 336 g/mol. The molecule has 1 rings (SSSR count). The number of halogens is 4. The van der Waals surface area contributed by atoms with E-state index in [1.54, 1.807) is 6.07 Å². The molecule has 1 heterocycles. The summed E-state index contributed by atoms with van der Waals surface area (Å²) in [6.07, 6.45) is -2.93. The molecule has 0 spiro atoms. The Hall–Kier alpha value is 0.250. The van der Waals surface area contributed by atoms with Crippen molar-refractivity contribution in [3.05, 3.63) is 19.8 Å². The van der Waals surface area contributed by atoms with Crippen molar-refractivity contribution in [1.29, 1.82) is 0 Å². The molecule has 0 saturated carbocycles. The lowest BCUT2D eigenvalue weighted by molar-refractivity contribution is 0.00515. The largest absolute Gasteiger partial charge is 0.387 e. The second kappa shape index (κ2) is 6.86. The van der Waals surface area contributed by atoms with Crippen molar-refractivity contribution in [1.82, 2.24) is 0 Å². The van der Waals surface area contributed by atoms with Crippen molar-refractivity contribution in [2.24, 2.45) is 0 Å². The molecule has 1 aromatic rings. The molecule has 0 saturated heterocycles. The minimum absolute atomic E-state index is 0.0959. The van der Waals surface area contributed by atoms with Gasteiger partial charge in [-0.1, -0.05) is 11.6 Å². The van der Waals surface area contributed by atoms with Gasteiger partial charge in [0, 0.05) is 22.4 Å². The Balaban J connectivity index is 2.32. The van der Waals surface area contributed by atoms with Crippen LogP contribution >= 0.6 is 38.9 Å². The van der Waals surface area contributed by atoms with Gasteiger partial charge in [0.05, 0.1) is 6.10 Å². The van der Waals surface area contributed by atoms with Gasteiger partial charge < -0.3 is 9.84 Å². The first-order chi connectivity index (χ1) is 7.50. The van der Waals surface area contributed by atoms with Crippen LogP contribution in [0, 0.1) is 0 Å². The van der Waals surface area contributed by atoms with Crippen LogP contribution < -0.4 is 0 Å². The summed E-state index contributed by atoms with van der Waals surface area (Å²) in [6, 6.07) is 1.71. The Labute approximate surface area is 109 Å². The molecular formula is C9H10BrClF2O2S. The van der Waals surface area contributed by atoms with Crippen LogP contribution in [-0.4, -0.2) is 24.7 Å². The predicted molar refractivity (Wildman–Crippen MR) is 63.4 cm³/mol. The van der Waals surface area contributed by atoms with Gasteiger partial charge in [0.2, 0.25) is 0 Å². The van der Waals surface area contributed by atoms with Crippen LogP contribution in [-0.2, 0) is 4.74 Å². The molecule has 0 aliphatic carbocycles. The van der Waals surface area contributed by atoms with E-state index < -0.39 is 19.1 Å². The number of hydrogen-bond donors (Lipinski definition) is 1. The van der Waals surface area contributed by atoms with E-state index in [4.69, 9.17) is 11.6 Å². The van der Waals surface area contributed by atoms with Gasteiger partial charge in [0.1, 0.15) is 10.9 Å². The van der Waals surface area contributed by atoms with Crippen molar-refractivity contribution in [3.63, 3.8) is 0 Å². The Kier molecular flexibility index (Phi) is 6.13. The van der Waals surface area contributed by atoms with Gasteiger partial charge in [-0.3, -0.25) is 0 Å². The van der Waals surface area contributed by atoms with E-state index in [0.717, 1.165) is 4.47 Å². The molecule has 0 radical (unpaired) electrons. The summed E-state index contributed by atoms with van der Waals surface area (Å²) in [5.74, 6) is 0. The fraction of sp³-hybridized carbons (Fsp3) is 0.556. The van der Waals surface area contributed by atoms with Crippen LogP contribution in [0.3, 0.4) is 0 Å². The average Bonchev–Trinajstić information content (AvgIpc) is 2.54. The van der Waals surface area contributed by atoms with Gasteiger partial charge in [-0.15, -0.1) is 11.3 Å². The smallest absolute Gasteiger partial charge is 0.261 e. The van der Waals surface area contributed by atoms with E-state index in [2.05, 4.69) is 20.7 Å². The third-order valence-electron chi connectivity index (χ3n) is 1.77. The van der Waals surface area contributed by atoms with Gasteiger partial charge in [-0.2, -0.15) is 0 Å². The number of rotatable bonds is 6. The van der Waals surface area contributed by atoms with Crippen molar-refractivity contribution in [3.8, 4) is 0 Å². The number of ether oxygens (including phenoxy) is 1. The maximum atomic E-state index is 11.7. The van der Waals surface area contributed by atoms with Gasteiger partial charge in [0.25, 0.3) is 6.43 Å². The third kappa shape index (κ3) is 4.63. The van der Waals surface area contributed by atoms with Crippen molar-refractivity contribution in [2.75, 3.05) is 13.2 Å². The van der Waals surface area contributed by atoms with E-state index in [9.17, 15) is 13.9 Å². The standard InChI is InChI=1S/C9H10BrClF2O2S/c10-5-3-7(16-9(5)11)6(14)1-2-15-4-8(12)13/h3,6,8,14H,1-2,4H2. The lowest BCUT2D eigenvalue weighted by atomic mass is 10.2. The van der Waals surface area contributed by atoms with Crippen molar-refractivity contribution >= 4 is 38.9 Å². The number of thiophene rings is 1. The second-order valence-electron chi connectivity index (χ2n) is 3.04. The molecule has 0 bridgehead atoms. The van der Waals surface area contributed by atoms with Crippen molar-refractivity contribution in [2.45, 2.75) is 19.0 Å². The summed E-state index contributed by atoms with van der Waals surface area (Å²) < 4.78 is 29.4. The maximum absolute atomic E-state index is 11.7. The first kappa shape index (κ1) is 14.3. The van der Waals surface area contributed by atoms with Crippen LogP contribution in [0.4, 0.5) is 8.78 Å². The number of alkyl halides is 2. The topological polar surface area (TPSA) is 29.5 Å². The Morgan fingerprint density at radius 1 is 1.56 bits per heavy atom. The van der Waals surface area contributed by atoms with E-state index >= 15 is 0 Å². The Bertz CT molecular complexity index is 316. The third-order valence-corrected chi connectivity index (χ3v) is 4.35. The first-order valence-electron chi connectivity index (χ1n) is 4.49. The first-order valence-corrected chi connectivity index (χ1v) is 6.48. The van der Waals surface area contributed by atoms with E-state index in [-0.39, 0.29) is 13.0 Å². The van der Waals surface area contributed by atoms with Crippen LogP contribution in [0.5, 0.6) is 0 Å². The molecule has 92 valence electrons.